The fraction of sp³-hybridized carbons (Fsp3) is 0.231. The fourth-order valence-corrected chi connectivity index (χ4v) is 1.75. The molecule has 2 aromatic heterocycles. The summed E-state index contributed by atoms with van der Waals surface area (Å²) in [6, 6.07) is 2.40. The molecule has 2 rings (SSSR count). The van der Waals surface area contributed by atoms with Gasteiger partial charge in [-0.05, 0) is 19.1 Å². The van der Waals surface area contributed by atoms with Gasteiger partial charge >= 0.3 is 0 Å². The number of rotatable bonds is 4. The number of nitrogens with zero attached hydrogens (tertiary/aromatic N) is 3. The molecule has 0 saturated heterocycles. The van der Waals surface area contributed by atoms with E-state index in [1.807, 2.05) is 0 Å². The molecule has 6 heteroatoms. The van der Waals surface area contributed by atoms with Crippen LogP contribution in [0.2, 0.25) is 0 Å². The molecule has 2 heterocycles. The van der Waals surface area contributed by atoms with Gasteiger partial charge in [-0.15, -0.1) is 0 Å². The number of hydrogen-bond donors (Lipinski definition) is 0. The van der Waals surface area contributed by atoms with Gasteiger partial charge in [0.15, 0.2) is 11.6 Å². The number of Topliss-reactive ketones (excluding diaryl/α,β-unsaturated/α-hetero) is 2. The molecular formula is C13H12FN3O2. The highest BCUT2D eigenvalue weighted by Crippen LogP contribution is 2.10. The third kappa shape index (κ3) is 2.90. The van der Waals surface area contributed by atoms with Crippen molar-refractivity contribution in [3.8, 4) is 0 Å². The molecule has 0 aliphatic rings. The van der Waals surface area contributed by atoms with Crippen LogP contribution in [0.4, 0.5) is 4.39 Å². The van der Waals surface area contributed by atoms with E-state index in [-0.39, 0.29) is 17.9 Å². The molecule has 98 valence electrons. The summed E-state index contributed by atoms with van der Waals surface area (Å²) in [4.78, 5) is 27.4. The molecule has 0 spiro atoms. The van der Waals surface area contributed by atoms with E-state index in [9.17, 15) is 14.0 Å². The van der Waals surface area contributed by atoms with Crippen molar-refractivity contribution in [2.24, 2.45) is 7.05 Å². The second kappa shape index (κ2) is 5.09. The zero-order valence-corrected chi connectivity index (χ0v) is 10.6. The lowest BCUT2D eigenvalue weighted by Crippen LogP contribution is -2.10. The van der Waals surface area contributed by atoms with Crippen LogP contribution in [0.5, 0.6) is 0 Å². The first kappa shape index (κ1) is 13.1. The molecule has 0 aliphatic carbocycles. The Labute approximate surface area is 109 Å². The van der Waals surface area contributed by atoms with E-state index in [1.54, 1.807) is 20.2 Å². The van der Waals surface area contributed by atoms with Crippen molar-refractivity contribution in [1.29, 1.82) is 0 Å². The summed E-state index contributed by atoms with van der Waals surface area (Å²) in [5.41, 5.74) is 1.07. The number of halogens is 1. The molecule has 0 bridgehead atoms. The maximum absolute atomic E-state index is 12.7. The molecule has 0 unspecified atom stereocenters. The minimum atomic E-state index is -0.522. The number of aryl methyl sites for hydroxylation is 2. The van der Waals surface area contributed by atoms with Crippen LogP contribution < -0.4 is 0 Å². The van der Waals surface area contributed by atoms with Crippen molar-refractivity contribution >= 4 is 11.6 Å². The average Bonchev–Trinajstić information content (AvgIpc) is 2.69. The summed E-state index contributed by atoms with van der Waals surface area (Å²) in [5.74, 6) is -1.28. The predicted octanol–water partition coefficient (Wildman–Crippen LogP) is 1.72. The molecule has 0 radical (unpaired) electrons. The van der Waals surface area contributed by atoms with Crippen LogP contribution in [0.25, 0.3) is 0 Å². The van der Waals surface area contributed by atoms with Gasteiger partial charge in [0.05, 0.1) is 23.9 Å². The van der Waals surface area contributed by atoms with Gasteiger partial charge in [0.2, 0.25) is 0 Å². The number of aromatic nitrogens is 3. The standard InChI is InChI=1S/C13H12FN3O2/c1-8-10(7-17(2)16-8)12(18)5-13(19)11-4-3-9(14)6-15-11/h3-4,6-7H,5H2,1-2H3. The van der Waals surface area contributed by atoms with E-state index in [1.165, 1.54) is 10.7 Å². The molecule has 0 aromatic carbocycles. The van der Waals surface area contributed by atoms with E-state index in [0.29, 0.717) is 11.3 Å². The van der Waals surface area contributed by atoms with Gasteiger partial charge in [0.25, 0.3) is 0 Å². The van der Waals surface area contributed by atoms with E-state index in [4.69, 9.17) is 0 Å². The van der Waals surface area contributed by atoms with Gasteiger partial charge in [0, 0.05) is 13.2 Å². The molecule has 2 aromatic rings. The maximum Gasteiger partial charge on any atom is 0.188 e. The maximum atomic E-state index is 12.7. The molecule has 0 N–H and O–H groups in total. The van der Waals surface area contributed by atoms with Crippen LogP contribution in [0.3, 0.4) is 0 Å². The van der Waals surface area contributed by atoms with Crippen LogP contribution >= 0.6 is 0 Å². The molecule has 0 atom stereocenters. The second-order valence-corrected chi connectivity index (χ2v) is 4.19. The summed E-state index contributed by atoms with van der Waals surface area (Å²) in [7, 11) is 1.70. The zero-order chi connectivity index (χ0) is 14.0. The lowest BCUT2D eigenvalue weighted by Gasteiger charge is -1.99. The average molecular weight is 261 g/mol. The third-order valence-corrected chi connectivity index (χ3v) is 2.65. The van der Waals surface area contributed by atoms with Crippen molar-refractivity contribution < 1.29 is 14.0 Å². The SMILES string of the molecule is Cc1nn(C)cc1C(=O)CC(=O)c1ccc(F)cn1. The minimum absolute atomic E-state index is 0.0799. The number of hydrogen-bond acceptors (Lipinski definition) is 4. The zero-order valence-electron chi connectivity index (χ0n) is 10.6. The number of pyridine rings is 1. The first-order valence-corrected chi connectivity index (χ1v) is 5.65. The summed E-state index contributed by atoms with van der Waals surface area (Å²) in [6.07, 6.45) is 2.22. The smallest absolute Gasteiger partial charge is 0.188 e. The van der Waals surface area contributed by atoms with Crippen LogP contribution in [-0.2, 0) is 7.05 Å². The van der Waals surface area contributed by atoms with Crippen LogP contribution in [0.1, 0.15) is 33.0 Å². The van der Waals surface area contributed by atoms with E-state index in [2.05, 4.69) is 10.1 Å². The van der Waals surface area contributed by atoms with Crippen molar-refractivity contribution in [1.82, 2.24) is 14.8 Å². The highest BCUT2D eigenvalue weighted by atomic mass is 19.1. The highest BCUT2D eigenvalue weighted by Gasteiger charge is 2.18. The van der Waals surface area contributed by atoms with Crippen LogP contribution in [0.15, 0.2) is 24.5 Å². The Bertz CT molecular complexity index is 632. The Balaban J connectivity index is 2.13. The summed E-state index contributed by atoms with van der Waals surface area (Å²) >= 11 is 0. The third-order valence-electron chi connectivity index (χ3n) is 2.65. The highest BCUT2D eigenvalue weighted by molar-refractivity contribution is 6.13. The Morgan fingerprint density at radius 3 is 2.58 bits per heavy atom. The van der Waals surface area contributed by atoms with Gasteiger partial charge in [-0.25, -0.2) is 4.39 Å². The molecule has 5 nitrogen and oxygen atoms in total. The summed E-state index contributed by atoms with van der Waals surface area (Å²) in [6.45, 7) is 1.70. The Morgan fingerprint density at radius 1 is 1.32 bits per heavy atom. The van der Waals surface area contributed by atoms with Gasteiger partial charge in [-0.1, -0.05) is 0 Å². The lowest BCUT2D eigenvalue weighted by molar-refractivity contribution is 0.0891. The normalized spacial score (nSPS) is 10.5. The van der Waals surface area contributed by atoms with Crippen molar-refractivity contribution in [2.45, 2.75) is 13.3 Å². The molecular weight excluding hydrogens is 249 g/mol. The van der Waals surface area contributed by atoms with Gasteiger partial charge in [0.1, 0.15) is 11.5 Å². The van der Waals surface area contributed by atoms with Gasteiger partial charge in [-0.2, -0.15) is 5.10 Å². The molecule has 19 heavy (non-hydrogen) atoms. The van der Waals surface area contributed by atoms with Gasteiger partial charge in [-0.3, -0.25) is 19.3 Å². The quantitative estimate of drug-likeness (QED) is 0.621. The topological polar surface area (TPSA) is 64.8 Å². The largest absolute Gasteiger partial charge is 0.294 e. The van der Waals surface area contributed by atoms with E-state index in [0.717, 1.165) is 12.3 Å². The predicted molar refractivity (Wildman–Crippen MR) is 65.4 cm³/mol. The number of carbonyl (C=O) groups is 2. The molecule has 0 saturated carbocycles. The monoisotopic (exact) mass is 261 g/mol. The van der Waals surface area contributed by atoms with Crippen molar-refractivity contribution in [3.05, 3.63) is 47.3 Å². The first-order valence-electron chi connectivity index (χ1n) is 5.65. The molecule has 0 aliphatic heterocycles. The van der Waals surface area contributed by atoms with Crippen LogP contribution in [0, 0.1) is 12.7 Å². The van der Waals surface area contributed by atoms with E-state index >= 15 is 0 Å². The number of carbonyl (C=O) groups excluding carboxylic acids is 2. The Hall–Kier alpha value is -2.37. The fourth-order valence-electron chi connectivity index (χ4n) is 1.75. The Kier molecular flexibility index (Phi) is 3.50. The summed E-state index contributed by atoms with van der Waals surface area (Å²) < 4.78 is 14.2. The Morgan fingerprint density at radius 2 is 2.05 bits per heavy atom. The second-order valence-electron chi connectivity index (χ2n) is 4.19. The first-order chi connectivity index (χ1) is 8.97. The van der Waals surface area contributed by atoms with Gasteiger partial charge < -0.3 is 0 Å². The van der Waals surface area contributed by atoms with E-state index < -0.39 is 11.6 Å². The lowest BCUT2D eigenvalue weighted by atomic mass is 10.1. The number of ketones is 2. The van der Waals surface area contributed by atoms with Crippen LogP contribution in [-0.4, -0.2) is 26.3 Å². The molecule has 0 fully saturated rings. The van der Waals surface area contributed by atoms with Crippen molar-refractivity contribution in [3.63, 3.8) is 0 Å². The summed E-state index contributed by atoms with van der Waals surface area (Å²) in [5, 5.41) is 4.04. The van der Waals surface area contributed by atoms with Crippen molar-refractivity contribution in [2.75, 3.05) is 0 Å². The molecule has 0 amide bonds. The minimum Gasteiger partial charge on any atom is -0.294 e.